The number of carboxylic acid groups (broad SMARTS) is 1. The predicted molar refractivity (Wildman–Crippen MR) is 124 cm³/mol. The van der Waals surface area contributed by atoms with Crippen LogP contribution < -0.4 is 10.1 Å². The zero-order valence-electron chi connectivity index (χ0n) is 17.6. The highest BCUT2D eigenvalue weighted by atomic mass is 16.5. The molecule has 0 saturated carbocycles. The van der Waals surface area contributed by atoms with Crippen LogP contribution in [0.1, 0.15) is 15.9 Å². The molecule has 0 bridgehead atoms. The number of benzene rings is 2. The van der Waals surface area contributed by atoms with Gasteiger partial charge in [-0.2, -0.15) is 5.26 Å². The Morgan fingerprint density at radius 2 is 1.74 bits per heavy atom. The van der Waals surface area contributed by atoms with Gasteiger partial charge in [-0.15, -0.1) is 5.10 Å². The molecule has 3 aromatic heterocycles. The number of carbonyl (C=O) groups is 1. The molecule has 5 rings (SSSR count). The van der Waals surface area contributed by atoms with E-state index in [0.29, 0.717) is 34.0 Å². The number of hydrogen-bond acceptors (Lipinski definition) is 7. The Bertz CT molecular complexity index is 1520. The topological polar surface area (TPSA) is 125 Å². The van der Waals surface area contributed by atoms with Gasteiger partial charge in [-0.3, -0.25) is 4.98 Å². The molecule has 0 atom stereocenters. The van der Waals surface area contributed by atoms with Crippen molar-refractivity contribution in [1.29, 1.82) is 5.26 Å². The summed E-state index contributed by atoms with van der Waals surface area (Å²) < 4.78 is 7.30. The molecule has 0 spiro atoms. The van der Waals surface area contributed by atoms with Crippen molar-refractivity contribution in [3.63, 3.8) is 0 Å². The average Bonchev–Trinajstić information content (AvgIpc) is 3.22. The first-order chi connectivity index (χ1) is 16.6. The highest BCUT2D eigenvalue weighted by molar-refractivity contribution is 5.87. The number of nitrogens with zero attached hydrogens (tertiary/aromatic N) is 5. The summed E-state index contributed by atoms with van der Waals surface area (Å²) in [5.74, 6) is 0.732. The Hall–Kier alpha value is -5.23. The molecule has 0 aliphatic rings. The van der Waals surface area contributed by atoms with Crippen LogP contribution >= 0.6 is 0 Å². The SMILES string of the molecule is N#Cc1c(Nc2ccc(Oc3ccccc3)cc2)nn2cc(-c3ccc(C(=O)O)cn3)cnc12. The normalized spacial score (nSPS) is 10.6. The summed E-state index contributed by atoms with van der Waals surface area (Å²) in [4.78, 5) is 19.6. The van der Waals surface area contributed by atoms with E-state index in [2.05, 4.69) is 26.5 Å². The van der Waals surface area contributed by atoms with Crippen LogP contribution in [0.2, 0.25) is 0 Å². The summed E-state index contributed by atoms with van der Waals surface area (Å²) >= 11 is 0. The Labute approximate surface area is 193 Å². The molecule has 0 fully saturated rings. The minimum absolute atomic E-state index is 0.0929. The zero-order chi connectivity index (χ0) is 23.5. The molecular weight excluding hydrogens is 432 g/mol. The van der Waals surface area contributed by atoms with E-state index in [1.54, 1.807) is 18.5 Å². The molecule has 9 nitrogen and oxygen atoms in total. The van der Waals surface area contributed by atoms with Gasteiger partial charge in [-0.25, -0.2) is 14.3 Å². The quantitative estimate of drug-likeness (QED) is 0.376. The first-order valence-electron chi connectivity index (χ1n) is 10.2. The van der Waals surface area contributed by atoms with Gasteiger partial charge in [0.25, 0.3) is 0 Å². The molecule has 0 saturated heterocycles. The highest BCUT2D eigenvalue weighted by Crippen LogP contribution is 2.27. The molecular formula is C25H16N6O3. The molecule has 2 aromatic carbocycles. The number of fused-ring (bicyclic) bond motifs is 1. The maximum Gasteiger partial charge on any atom is 0.337 e. The van der Waals surface area contributed by atoms with E-state index < -0.39 is 5.97 Å². The zero-order valence-corrected chi connectivity index (χ0v) is 17.6. The molecule has 0 radical (unpaired) electrons. The van der Waals surface area contributed by atoms with Gasteiger partial charge in [0.2, 0.25) is 0 Å². The van der Waals surface area contributed by atoms with Crippen molar-refractivity contribution in [3.8, 4) is 28.8 Å². The number of nitriles is 1. The van der Waals surface area contributed by atoms with Crippen molar-refractivity contribution in [1.82, 2.24) is 19.6 Å². The number of carboxylic acids is 1. The van der Waals surface area contributed by atoms with Gasteiger partial charge in [-0.1, -0.05) is 18.2 Å². The molecule has 0 aliphatic carbocycles. The van der Waals surface area contributed by atoms with Gasteiger partial charge in [0.1, 0.15) is 23.1 Å². The van der Waals surface area contributed by atoms with Crippen LogP contribution in [-0.2, 0) is 0 Å². The van der Waals surface area contributed by atoms with E-state index in [4.69, 9.17) is 9.84 Å². The van der Waals surface area contributed by atoms with E-state index in [1.807, 2.05) is 54.6 Å². The fraction of sp³-hybridized carbons (Fsp3) is 0. The first-order valence-corrected chi connectivity index (χ1v) is 10.2. The summed E-state index contributed by atoms with van der Waals surface area (Å²) in [6.07, 6.45) is 4.54. The first kappa shape index (κ1) is 20.7. The summed E-state index contributed by atoms with van der Waals surface area (Å²) in [6, 6.07) is 22.0. The van der Waals surface area contributed by atoms with E-state index in [1.165, 1.54) is 16.8 Å². The van der Waals surface area contributed by atoms with Crippen LogP contribution in [0.4, 0.5) is 11.5 Å². The number of aromatic nitrogens is 4. The van der Waals surface area contributed by atoms with E-state index in [9.17, 15) is 10.1 Å². The van der Waals surface area contributed by atoms with Crippen molar-refractivity contribution in [2.45, 2.75) is 0 Å². The Kier molecular flexibility index (Phi) is 5.30. The molecule has 0 unspecified atom stereocenters. The average molecular weight is 448 g/mol. The molecule has 0 aliphatic heterocycles. The van der Waals surface area contributed by atoms with Crippen LogP contribution in [0.3, 0.4) is 0 Å². The Balaban J connectivity index is 1.40. The fourth-order valence-electron chi connectivity index (χ4n) is 3.32. The number of nitrogens with one attached hydrogen (secondary N) is 1. The van der Waals surface area contributed by atoms with E-state index in [0.717, 1.165) is 11.4 Å². The number of para-hydroxylation sites is 1. The molecule has 0 amide bonds. The molecule has 3 heterocycles. The summed E-state index contributed by atoms with van der Waals surface area (Å²) in [7, 11) is 0. The van der Waals surface area contributed by atoms with Crippen molar-refractivity contribution < 1.29 is 14.6 Å². The molecule has 34 heavy (non-hydrogen) atoms. The molecule has 5 aromatic rings. The lowest BCUT2D eigenvalue weighted by Gasteiger charge is -2.07. The van der Waals surface area contributed by atoms with Crippen molar-refractivity contribution in [2.75, 3.05) is 5.32 Å². The smallest absolute Gasteiger partial charge is 0.337 e. The fourth-order valence-corrected chi connectivity index (χ4v) is 3.32. The van der Waals surface area contributed by atoms with Gasteiger partial charge in [0.15, 0.2) is 11.5 Å². The summed E-state index contributed by atoms with van der Waals surface area (Å²) in [6.45, 7) is 0. The number of ether oxygens (including phenoxy) is 1. The number of pyridine rings is 1. The third kappa shape index (κ3) is 4.11. The van der Waals surface area contributed by atoms with Crippen LogP contribution in [0.5, 0.6) is 11.5 Å². The maximum atomic E-state index is 11.0. The van der Waals surface area contributed by atoms with Crippen LogP contribution in [0, 0.1) is 11.3 Å². The van der Waals surface area contributed by atoms with Gasteiger partial charge in [0.05, 0.1) is 11.3 Å². The third-order valence-electron chi connectivity index (χ3n) is 4.99. The van der Waals surface area contributed by atoms with Crippen molar-refractivity contribution >= 4 is 23.1 Å². The van der Waals surface area contributed by atoms with Crippen LogP contribution in [0.15, 0.2) is 85.3 Å². The van der Waals surface area contributed by atoms with E-state index in [-0.39, 0.29) is 5.56 Å². The maximum absolute atomic E-state index is 11.0. The highest BCUT2D eigenvalue weighted by Gasteiger charge is 2.15. The number of hydrogen-bond donors (Lipinski definition) is 2. The summed E-state index contributed by atoms with van der Waals surface area (Å²) in [5, 5.41) is 26.3. The monoisotopic (exact) mass is 448 g/mol. The lowest BCUT2D eigenvalue weighted by molar-refractivity contribution is 0.0696. The third-order valence-corrected chi connectivity index (χ3v) is 4.99. The minimum atomic E-state index is -1.05. The number of anilines is 2. The molecule has 2 N–H and O–H groups in total. The second-order valence-electron chi connectivity index (χ2n) is 7.25. The predicted octanol–water partition coefficient (Wildman–Crippen LogP) is 4.90. The lowest BCUT2D eigenvalue weighted by Crippen LogP contribution is -1.98. The Morgan fingerprint density at radius 1 is 0.971 bits per heavy atom. The lowest BCUT2D eigenvalue weighted by atomic mass is 10.2. The summed E-state index contributed by atoms with van der Waals surface area (Å²) in [5.41, 5.74) is 2.68. The van der Waals surface area contributed by atoms with Gasteiger partial charge in [-0.05, 0) is 48.5 Å². The second kappa shape index (κ2) is 8.72. The van der Waals surface area contributed by atoms with E-state index >= 15 is 0 Å². The van der Waals surface area contributed by atoms with Gasteiger partial charge < -0.3 is 15.2 Å². The van der Waals surface area contributed by atoms with Crippen LogP contribution in [0.25, 0.3) is 16.9 Å². The van der Waals surface area contributed by atoms with Gasteiger partial charge in [0, 0.05) is 29.8 Å². The largest absolute Gasteiger partial charge is 0.478 e. The Morgan fingerprint density at radius 3 is 2.41 bits per heavy atom. The standard InChI is InChI=1S/C25H16N6O3/c26-12-21-23(29-18-7-9-20(10-8-18)34-19-4-2-1-3-5-19)30-31-15-17(14-28-24(21)31)22-11-6-16(13-27-22)25(32)33/h1-11,13-15H,(H,29,30)(H,32,33). The molecule has 164 valence electrons. The number of rotatable bonds is 6. The minimum Gasteiger partial charge on any atom is -0.478 e. The van der Waals surface area contributed by atoms with Crippen LogP contribution in [-0.4, -0.2) is 30.7 Å². The molecule has 9 heteroatoms. The number of aromatic carboxylic acids is 1. The van der Waals surface area contributed by atoms with Gasteiger partial charge >= 0.3 is 5.97 Å². The van der Waals surface area contributed by atoms with Crippen molar-refractivity contribution in [2.24, 2.45) is 0 Å². The van der Waals surface area contributed by atoms with Crippen molar-refractivity contribution in [3.05, 3.63) is 96.4 Å². The second-order valence-corrected chi connectivity index (χ2v) is 7.25.